The highest BCUT2D eigenvalue weighted by atomic mass is 32.2. The number of benzene rings is 1. The average Bonchev–Trinajstić information content (AvgIpc) is 2.29. The van der Waals surface area contributed by atoms with E-state index in [2.05, 4.69) is 51.2 Å². The van der Waals surface area contributed by atoms with Gasteiger partial charge in [-0.05, 0) is 43.5 Å². The fraction of sp³-hybridized carbons (Fsp3) is 0.600. The zero-order valence-corrected chi connectivity index (χ0v) is 12.9. The van der Waals surface area contributed by atoms with E-state index in [1.807, 2.05) is 7.05 Å². The van der Waals surface area contributed by atoms with E-state index >= 15 is 0 Å². The van der Waals surface area contributed by atoms with Gasteiger partial charge >= 0.3 is 0 Å². The van der Waals surface area contributed by atoms with Gasteiger partial charge in [0.15, 0.2) is 0 Å². The number of hydrogen-bond acceptors (Lipinski definition) is 2. The summed E-state index contributed by atoms with van der Waals surface area (Å²) in [6, 6.07) is 6.66. The molecule has 0 bridgehead atoms. The molecule has 0 heterocycles. The summed E-state index contributed by atoms with van der Waals surface area (Å²) in [7, 11) is 1.18. The molecule has 0 saturated heterocycles. The van der Waals surface area contributed by atoms with Crippen LogP contribution in [0.3, 0.4) is 0 Å². The van der Waals surface area contributed by atoms with Crippen molar-refractivity contribution < 1.29 is 4.21 Å². The summed E-state index contributed by atoms with van der Waals surface area (Å²) >= 11 is 0. The first-order valence-electron chi connectivity index (χ1n) is 6.53. The Morgan fingerprint density at radius 3 is 2.33 bits per heavy atom. The Morgan fingerprint density at radius 2 is 1.83 bits per heavy atom. The molecule has 0 amide bonds. The molecule has 0 radical (unpaired) electrons. The predicted octanol–water partition coefficient (Wildman–Crippen LogP) is 2.97. The smallest absolute Gasteiger partial charge is 0.0434 e. The van der Waals surface area contributed by atoms with Gasteiger partial charge in [-0.2, -0.15) is 0 Å². The van der Waals surface area contributed by atoms with E-state index in [0.717, 1.165) is 5.75 Å². The third-order valence-corrected chi connectivity index (χ3v) is 4.90. The lowest BCUT2D eigenvalue weighted by Gasteiger charge is -2.18. The van der Waals surface area contributed by atoms with E-state index in [9.17, 15) is 4.21 Å². The van der Waals surface area contributed by atoms with E-state index in [1.165, 1.54) is 16.7 Å². The lowest BCUT2D eigenvalue weighted by molar-refractivity contribution is 0.626. The Labute approximate surface area is 114 Å². The van der Waals surface area contributed by atoms with Crippen molar-refractivity contribution in [2.45, 2.75) is 33.7 Å². The quantitative estimate of drug-likeness (QED) is 0.858. The first-order valence-corrected chi connectivity index (χ1v) is 8.02. The summed E-state index contributed by atoms with van der Waals surface area (Å²) in [6.45, 7) is 8.46. The van der Waals surface area contributed by atoms with Gasteiger partial charge in [-0.25, -0.2) is 0 Å². The lowest BCUT2D eigenvalue weighted by atomic mass is 10.0. The molecule has 0 spiro atoms. The second-order valence-corrected chi connectivity index (χ2v) is 6.90. The van der Waals surface area contributed by atoms with E-state index < -0.39 is 10.8 Å². The molecule has 1 aromatic carbocycles. The van der Waals surface area contributed by atoms with Gasteiger partial charge in [-0.1, -0.05) is 32.0 Å². The Hall–Kier alpha value is -0.670. The van der Waals surface area contributed by atoms with Crippen molar-refractivity contribution in [1.82, 2.24) is 5.32 Å². The highest BCUT2D eigenvalue weighted by Crippen LogP contribution is 2.18. The van der Waals surface area contributed by atoms with Crippen molar-refractivity contribution in [2.24, 2.45) is 5.92 Å². The van der Waals surface area contributed by atoms with Crippen LogP contribution >= 0.6 is 0 Å². The molecule has 0 aromatic heterocycles. The lowest BCUT2D eigenvalue weighted by Crippen LogP contribution is -2.24. The fourth-order valence-electron chi connectivity index (χ4n) is 1.95. The average molecular weight is 267 g/mol. The minimum Gasteiger partial charge on any atom is -0.312 e. The summed E-state index contributed by atoms with van der Waals surface area (Å²) in [5.41, 5.74) is 3.83. The summed E-state index contributed by atoms with van der Waals surface area (Å²) in [6.07, 6.45) is 0. The van der Waals surface area contributed by atoms with Gasteiger partial charge in [0.05, 0.1) is 0 Å². The van der Waals surface area contributed by atoms with Crippen LogP contribution in [0.25, 0.3) is 0 Å². The van der Waals surface area contributed by atoms with Crippen LogP contribution in [0, 0.1) is 19.8 Å². The van der Waals surface area contributed by atoms with Crippen molar-refractivity contribution in [3.63, 3.8) is 0 Å². The van der Waals surface area contributed by atoms with Crippen LogP contribution in [0.5, 0.6) is 0 Å². The molecule has 2 unspecified atom stereocenters. The summed E-state index contributed by atoms with van der Waals surface area (Å²) < 4.78 is 12.0. The van der Waals surface area contributed by atoms with Crippen LogP contribution < -0.4 is 5.32 Å². The maximum Gasteiger partial charge on any atom is 0.0434 e. The molecule has 0 aliphatic carbocycles. The molecule has 18 heavy (non-hydrogen) atoms. The largest absolute Gasteiger partial charge is 0.312 e. The van der Waals surface area contributed by atoms with Gasteiger partial charge in [-0.15, -0.1) is 0 Å². The van der Waals surface area contributed by atoms with Crippen LogP contribution in [-0.2, 0) is 10.8 Å². The monoisotopic (exact) mass is 267 g/mol. The number of hydrogen-bond donors (Lipinski definition) is 1. The number of aryl methyl sites for hydroxylation is 2. The summed E-state index contributed by atoms with van der Waals surface area (Å²) in [4.78, 5) is 0. The first kappa shape index (κ1) is 15.4. The zero-order valence-electron chi connectivity index (χ0n) is 12.1. The summed E-state index contributed by atoms with van der Waals surface area (Å²) in [5, 5.41) is 3.28. The molecule has 1 N–H and O–H groups in total. The van der Waals surface area contributed by atoms with Crippen molar-refractivity contribution >= 4 is 10.8 Å². The Kier molecular flexibility index (Phi) is 6.03. The summed E-state index contributed by atoms with van der Waals surface area (Å²) in [5.74, 6) is 1.96. The maximum absolute atomic E-state index is 12.0. The van der Waals surface area contributed by atoms with Crippen LogP contribution in [0.4, 0.5) is 0 Å². The number of nitrogens with one attached hydrogen (secondary N) is 1. The Morgan fingerprint density at radius 1 is 1.17 bits per heavy atom. The van der Waals surface area contributed by atoms with Crippen LogP contribution in [0.1, 0.15) is 36.6 Å². The first-order chi connectivity index (χ1) is 8.43. The van der Waals surface area contributed by atoms with Crippen LogP contribution in [0.2, 0.25) is 0 Å². The third-order valence-electron chi connectivity index (χ3n) is 3.15. The third kappa shape index (κ3) is 4.54. The highest BCUT2D eigenvalue weighted by Gasteiger charge is 2.14. The molecule has 0 saturated carbocycles. The van der Waals surface area contributed by atoms with Gasteiger partial charge in [0, 0.05) is 28.3 Å². The van der Waals surface area contributed by atoms with E-state index in [4.69, 9.17) is 0 Å². The van der Waals surface area contributed by atoms with Gasteiger partial charge < -0.3 is 5.32 Å². The second-order valence-electron chi connectivity index (χ2n) is 5.35. The molecule has 0 aliphatic rings. The van der Waals surface area contributed by atoms with Crippen molar-refractivity contribution in [1.29, 1.82) is 0 Å². The van der Waals surface area contributed by atoms with Crippen LogP contribution in [0.15, 0.2) is 18.2 Å². The van der Waals surface area contributed by atoms with Crippen molar-refractivity contribution in [2.75, 3.05) is 18.6 Å². The molecule has 1 aromatic rings. The maximum atomic E-state index is 12.0. The van der Waals surface area contributed by atoms with E-state index in [0.29, 0.717) is 11.7 Å². The second kappa shape index (κ2) is 7.05. The molecule has 102 valence electrons. The van der Waals surface area contributed by atoms with Gasteiger partial charge in [0.25, 0.3) is 0 Å². The molecular formula is C15H25NOS. The zero-order chi connectivity index (χ0) is 13.7. The molecule has 1 rings (SSSR count). The Balaban J connectivity index is 2.76. The topological polar surface area (TPSA) is 29.1 Å². The molecule has 3 heteroatoms. The Bertz CT molecular complexity index is 415. The van der Waals surface area contributed by atoms with Crippen LogP contribution in [-0.4, -0.2) is 22.8 Å². The highest BCUT2D eigenvalue weighted by molar-refractivity contribution is 7.85. The molecular weight excluding hydrogens is 242 g/mol. The number of rotatable bonds is 6. The van der Waals surface area contributed by atoms with Gasteiger partial charge in [0.2, 0.25) is 0 Å². The van der Waals surface area contributed by atoms with E-state index in [-0.39, 0.29) is 6.04 Å². The normalized spacial score (nSPS) is 14.8. The van der Waals surface area contributed by atoms with Crippen molar-refractivity contribution in [3.05, 3.63) is 34.9 Å². The molecule has 2 nitrogen and oxygen atoms in total. The van der Waals surface area contributed by atoms with Gasteiger partial charge in [0.1, 0.15) is 0 Å². The predicted molar refractivity (Wildman–Crippen MR) is 80.4 cm³/mol. The fourth-order valence-corrected chi connectivity index (χ4v) is 3.56. The molecule has 0 aliphatic heterocycles. The SMILES string of the molecule is CNC(CS(=O)CC(C)C)c1ccc(C)c(C)c1. The minimum atomic E-state index is -0.755. The standard InChI is InChI=1S/C15H25NOS/c1-11(2)9-18(17)10-15(16-5)14-7-6-12(3)13(4)8-14/h6-8,11,15-16H,9-10H2,1-5H3. The minimum absolute atomic E-state index is 0.184. The van der Waals surface area contributed by atoms with Gasteiger partial charge in [-0.3, -0.25) is 4.21 Å². The molecule has 0 fully saturated rings. The van der Waals surface area contributed by atoms with Crippen molar-refractivity contribution in [3.8, 4) is 0 Å². The van der Waals surface area contributed by atoms with E-state index in [1.54, 1.807) is 0 Å². The molecule has 2 atom stereocenters.